The number of anilines is 1. The number of halogens is 3. The van der Waals surface area contributed by atoms with E-state index >= 15 is 0 Å². The van der Waals surface area contributed by atoms with Crippen LogP contribution in [0.1, 0.15) is 12.5 Å². The second-order valence-electron chi connectivity index (χ2n) is 6.58. The van der Waals surface area contributed by atoms with Crippen LogP contribution in [0.5, 0.6) is 17.2 Å². The fraction of sp³-hybridized carbons (Fsp3) is 0.143. The van der Waals surface area contributed by atoms with Crippen molar-refractivity contribution in [1.82, 2.24) is 0 Å². The van der Waals surface area contributed by atoms with E-state index in [4.69, 9.17) is 32.7 Å². The van der Waals surface area contributed by atoms with Gasteiger partial charge in [0, 0.05) is 17.6 Å². The van der Waals surface area contributed by atoms with Crippen LogP contribution in [0.25, 0.3) is 0 Å². The Kier molecular flexibility index (Phi) is 7.96. The molecule has 0 aromatic heterocycles. The Bertz CT molecular complexity index is 1220. The zero-order valence-corrected chi connectivity index (χ0v) is 20.1. The number of nitro groups is 2. The second kappa shape index (κ2) is 10.7. The average Bonchev–Trinajstić information content (AvgIpc) is 2.75. The van der Waals surface area contributed by atoms with Gasteiger partial charge >= 0.3 is 5.69 Å². The molecule has 3 aromatic rings. The van der Waals surface area contributed by atoms with Crippen molar-refractivity contribution in [2.75, 3.05) is 11.9 Å². The fourth-order valence-corrected chi connectivity index (χ4v) is 3.92. The SMILES string of the molecule is CCOc1cc(CNc2ccc(Cl)cc2Cl)cc(Br)c1Oc1ccc([N+](=O)[O-])cc1[N+](=O)[O-]. The van der Waals surface area contributed by atoms with Crippen LogP contribution >= 0.6 is 39.1 Å². The van der Waals surface area contributed by atoms with Gasteiger partial charge in [-0.3, -0.25) is 20.2 Å². The quantitative estimate of drug-likeness (QED) is 0.216. The summed E-state index contributed by atoms with van der Waals surface area (Å²) in [5, 5.41) is 26.6. The molecule has 3 aromatic carbocycles. The van der Waals surface area contributed by atoms with Gasteiger partial charge in [0.15, 0.2) is 11.5 Å². The van der Waals surface area contributed by atoms with Crippen molar-refractivity contribution in [3.8, 4) is 17.2 Å². The summed E-state index contributed by atoms with van der Waals surface area (Å²) in [5.74, 6) is 0.367. The molecule has 0 fully saturated rings. The number of nitrogens with one attached hydrogen (secondary N) is 1. The molecular formula is C21H16BrCl2N3O6. The number of rotatable bonds is 9. The normalized spacial score (nSPS) is 10.5. The largest absolute Gasteiger partial charge is 0.490 e. The van der Waals surface area contributed by atoms with Crippen LogP contribution in [0.2, 0.25) is 10.0 Å². The van der Waals surface area contributed by atoms with Crippen LogP contribution in [0, 0.1) is 20.2 Å². The molecule has 9 nitrogen and oxygen atoms in total. The summed E-state index contributed by atoms with van der Waals surface area (Å²) in [6.07, 6.45) is 0. The first-order valence-electron chi connectivity index (χ1n) is 9.44. The van der Waals surface area contributed by atoms with Gasteiger partial charge in [-0.05, 0) is 64.8 Å². The lowest BCUT2D eigenvalue weighted by molar-refractivity contribution is -0.394. The molecule has 0 spiro atoms. The molecule has 0 atom stereocenters. The highest BCUT2D eigenvalue weighted by atomic mass is 79.9. The van der Waals surface area contributed by atoms with Gasteiger partial charge in [0.05, 0.1) is 37.7 Å². The molecule has 0 bridgehead atoms. The van der Waals surface area contributed by atoms with E-state index in [2.05, 4.69) is 21.2 Å². The third-order valence-corrected chi connectivity index (χ3v) is 5.48. The van der Waals surface area contributed by atoms with Crippen LogP contribution in [-0.2, 0) is 6.54 Å². The number of ether oxygens (including phenoxy) is 2. The first-order valence-corrected chi connectivity index (χ1v) is 11.0. The highest BCUT2D eigenvalue weighted by molar-refractivity contribution is 9.10. The number of benzene rings is 3. The molecular weight excluding hydrogens is 541 g/mol. The van der Waals surface area contributed by atoms with Gasteiger partial charge in [-0.2, -0.15) is 0 Å². The van der Waals surface area contributed by atoms with Gasteiger partial charge in [0.1, 0.15) is 0 Å². The highest BCUT2D eigenvalue weighted by Crippen LogP contribution is 2.43. The lowest BCUT2D eigenvalue weighted by Crippen LogP contribution is -2.03. The van der Waals surface area contributed by atoms with Crippen LogP contribution in [-0.4, -0.2) is 16.5 Å². The number of hydrogen-bond acceptors (Lipinski definition) is 7. The first kappa shape index (κ1) is 24.6. The number of nitro benzene ring substituents is 2. The molecule has 0 radical (unpaired) electrons. The molecule has 0 amide bonds. The summed E-state index contributed by atoms with van der Waals surface area (Å²) < 4.78 is 11.9. The summed E-state index contributed by atoms with van der Waals surface area (Å²) in [6.45, 7) is 2.48. The Hall–Kier alpha value is -3.08. The van der Waals surface area contributed by atoms with Crippen molar-refractivity contribution in [3.63, 3.8) is 0 Å². The average molecular weight is 557 g/mol. The van der Waals surface area contributed by atoms with Crippen LogP contribution in [0.4, 0.5) is 17.1 Å². The van der Waals surface area contributed by atoms with Crippen molar-refractivity contribution in [3.05, 3.63) is 88.8 Å². The van der Waals surface area contributed by atoms with Crippen molar-refractivity contribution in [1.29, 1.82) is 0 Å². The molecule has 1 N–H and O–H groups in total. The predicted octanol–water partition coefficient (Wildman–Crippen LogP) is 7.38. The van der Waals surface area contributed by atoms with Gasteiger partial charge in [0.25, 0.3) is 5.69 Å². The lowest BCUT2D eigenvalue weighted by atomic mass is 10.2. The molecule has 0 aliphatic heterocycles. The predicted molar refractivity (Wildman–Crippen MR) is 129 cm³/mol. The van der Waals surface area contributed by atoms with E-state index < -0.39 is 21.2 Å². The maximum atomic E-state index is 11.4. The third kappa shape index (κ3) is 6.04. The number of non-ortho nitro benzene ring substituents is 1. The smallest absolute Gasteiger partial charge is 0.318 e. The van der Waals surface area contributed by atoms with Crippen LogP contribution < -0.4 is 14.8 Å². The Balaban J connectivity index is 1.91. The van der Waals surface area contributed by atoms with Gasteiger partial charge in [-0.1, -0.05) is 23.2 Å². The van der Waals surface area contributed by atoms with Crippen LogP contribution in [0.15, 0.2) is 53.0 Å². The zero-order chi connectivity index (χ0) is 24.1. The Labute approximate surface area is 206 Å². The van der Waals surface area contributed by atoms with Crippen molar-refractivity contribution in [2.45, 2.75) is 13.5 Å². The Morgan fingerprint density at radius 2 is 1.76 bits per heavy atom. The molecule has 172 valence electrons. The topological polar surface area (TPSA) is 117 Å². The summed E-state index contributed by atoms with van der Waals surface area (Å²) >= 11 is 15.5. The van der Waals surface area contributed by atoms with E-state index in [1.165, 1.54) is 6.07 Å². The maximum absolute atomic E-state index is 11.4. The zero-order valence-electron chi connectivity index (χ0n) is 17.0. The van der Waals surface area contributed by atoms with E-state index in [1.807, 2.05) is 0 Å². The molecule has 0 saturated carbocycles. The summed E-state index contributed by atoms with van der Waals surface area (Å²) in [5.41, 5.74) is 0.543. The molecule has 0 heterocycles. The van der Waals surface area contributed by atoms with Crippen molar-refractivity contribution >= 4 is 56.2 Å². The molecule has 12 heteroatoms. The molecule has 0 aliphatic rings. The minimum atomic E-state index is -0.745. The molecule has 3 rings (SSSR count). The molecule has 33 heavy (non-hydrogen) atoms. The fourth-order valence-electron chi connectivity index (χ4n) is 2.87. The van der Waals surface area contributed by atoms with E-state index in [1.54, 1.807) is 37.3 Å². The van der Waals surface area contributed by atoms with Crippen molar-refractivity contribution in [2.24, 2.45) is 0 Å². The summed E-state index contributed by atoms with van der Waals surface area (Å²) in [4.78, 5) is 20.9. The van der Waals surface area contributed by atoms with E-state index in [-0.39, 0.29) is 11.5 Å². The van der Waals surface area contributed by atoms with Gasteiger partial charge in [-0.15, -0.1) is 0 Å². The summed E-state index contributed by atoms with van der Waals surface area (Å²) in [6, 6.07) is 11.7. The van der Waals surface area contributed by atoms with Gasteiger partial charge in [-0.25, -0.2) is 0 Å². The molecule has 0 aliphatic carbocycles. The number of nitrogens with zero attached hydrogens (tertiary/aromatic N) is 2. The minimum absolute atomic E-state index is 0.161. The van der Waals surface area contributed by atoms with E-state index in [9.17, 15) is 20.2 Å². The summed E-state index contributed by atoms with van der Waals surface area (Å²) in [7, 11) is 0. The Morgan fingerprint density at radius 3 is 2.39 bits per heavy atom. The Morgan fingerprint density at radius 1 is 1.00 bits per heavy atom. The third-order valence-electron chi connectivity index (χ3n) is 4.35. The number of hydrogen-bond donors (Lipinski definition) is 1. The van der Waals surface area contributed by atoms with Crippen molar-refractivity contribution < 1.29 is 19.3 Å². The molecule has 0 unspecified atom stereocenters. The lowest BCUT2D eigenvalue weighted by Gasteiger charge is -2.16. The molecule has 0 saturated heterocycles. The van der Waals surface area contributed by atoms with Gasteiger partial charge < -0.3 is 14.8 Å². The van der Waals surface area contributed by atoms with Gasteiger partial charge in [0.2, 0.25) is 5.75 Å². The highest BCUT2D eigenvalue weighted by Gasteiger charge is 2.23. The van der Waals surface area contributed by atoms with E-state index in [0.29, 0.717) is 39.1 Å². The monoisotopic (exact) mass is 555 g/mol. The first-order chi connectivity index (χ1) is 15.7. The maximum Gasteiger partial charge on any atom is 0.318 e. The van der Waals surface area contributed by atoms with E-state index in [0.717, 1.165) is 17.7 Å². The minimum Gasteiger partial charge on any atom is -0.490 e. The second-order valence-corrected chi connectivity index (χ2v) is 8.28. The van der Waals surface area contributed by atoms with Crippen LogP contribution in [0.3, 0.4) is 0 Å². The standard InChI is InChI=1S/C21H16BrCl2N3O6/c1-2-32-20-8-12(11-25-17-5-3-13(23)9-16(17)24)7-15(22)21(20)33-19-6-4-14(26(28)29)10-18(19)27(30)31/h3-10,25H,2,11H2,1H3.